The number of carbonyl (C=O) groups is 1. The van der Waals surface area contributed by atoms with Gasteiger partial charge in [0.05, 0.1) is 24.4 Å². The number of thiophene rings is 1. The quantitative estimate of drug-likeness (QED) is 0.620. The van der Waals surface area contributed by atoms with Crippen LogP contribution >= 0.6 is 11.3 Å². The third-order valence-electron chi connectivity index (χ3n) is 3.70. The van der Waals surface area contributed by atoms with Gasteiger partial charge in [0.2, 0.25) is 0 Å². The second-order valence-corrected chi connectivity index (χ2v) is 6.86. The number of rotatable bonds is 6. The van der Waals surface area contributed by atoms with Crippen LogP contribution in [0.15, 0.2) is 40.8 Å². The van der Waals surface area contributed by atoms with Gasteiger partial charge in [-0.05, 0) is 38.5 Å². The summed E-state index contributed by atoms with van der Waals surface area (Å²) < 4.78 is 11.9. The van der Waals surface area contributed by atoms with Crippen molar-refractivity contribution in [1.29, 1.82) is 0 Å². The molecule has 136 valence electrons. The molecule has 0 spiro atoms. The summed E-state index contributed by atoms with van der Waals surface area (Å²) in [7, 11) is 0. The largest absolute Gasteiger partial charge is 0.491 e. The number of hydrogen-bond acceptors (Lipinski definition) is 6. The van der Waals surface area contributed by atoms with Gasteiger partial charge in [-0.2, -0.15) is 0 Å². The maximum absolute atomic E-state index is 12.8. The lowest BCUT2D eigenvalue weighted by Gasteiger charge is -2.10. The van der Waals surface area contributed by atoms with Gasteiger partial charge < -0.3 is 9.47 Å². The Balaban J connectivity index is 1.99. The summed E-state index contributed by atoms with van der Waals surface area (Å²) in [6, 6.07) is 7.60. The number of hydrogen-bond donors (Lipinski definition) is 0. The fraction of sp³-hybridized carbons (Fsp3) is 0.316. The van der Waals surface area contributed by atoms with Gasteiger partial charge in [0, 0.05) is 10.9 Å². The van der Waals surface area contributed by atoms with E-state index in [2.05, 4.69) is 4.98 Å². The third kappa shape index (κ3) is 3.77. The lowest BCUT2D eigenvalue weighted by molar-refractivity contribution is -0.143. The average Bonchev–Trinajstić information content (AvgIpc) is 3.03. The molecule has 3 rings (SSSR count). The fourth-order valence-electron chi connectivity index (χ4n) is 2.62. The molecule has 0 N–H and O–H groups in total. The van der Waals surface area contributed by atoms with Gasteiger partial charge in [-0.15, -0.1) is 11.3 Å². The number of carbonyl (C=O) groups excluding carboxylic acids is 1. The Morgan fingerprint density at radius 2 is 2.00 bits per heavy atom. The van der Waals surface area contributed by atoms with E-state index in [1.54, 1.807) is 6.92 Å². The molecule has 0 aliphatic rings. The summed E-state index contributed by atoms with van der Waals surface area (Å²) in [5.41, 5.74) is 1.46. The van der Waals surface area contributed by atoms with E-state index >= 15 is 0 Å². The highest BCUT2D eigenvalue weighted by molar-refractivity contribution is 7.17. The Morgan fingerprint density at radius 1 is 1.27 bits per heavy atom. The standard InChI is InChI=1S/C19H20N2O4S/c1-4-24-16(22)9-21-11-20-18-17(19(21)23)15(10-26-18)13-5-7-14(8-6-13)25-12(2)3/h5-8,10-12H,4,9H2,1-3H3. The van der Waals surface area contributed by atoms with Gasteiger partial charge in [0.15, 0.2) is 0 Å². The van der Waals surface area contributed by atoms with E-state index in [1.807, 2.05) is 43.5 Å². The van der Waals surface area contributed by atoms with Crippen LogP contribution in [0.5, 0.6) is 5.75 Å². The second kappa shape index (κ2) is 7.70. The molecule has 2 aromatic heterocycles. The first kappa shape index (κ1) is 18.1. The zero-order chi connectivity index (χ0) is 18.7. The Morgan fingerprint density at radius 3 is 2.65 bits per heavy atom. The van der Waals surface area contributed by atoms with Crippen molar-refractivity contribution in [2.24, 2.45) is 0 Å². The number of benzene rings is 1. The van der Waals surface area contributed by atoms with Crippen LogP contribution < -0.4 is 10.3 Å². The summed E-state index contributed by atoms with van der Waals surface area (Å²) in [4.78, 5) is 29.5. The van der Waals surface area contributed by atoms with Crippen molar-refractivity contribution in [2.45, 2.75) is 33.4 Å². The molecule has 0 aliphatic heterocycles. The van der Waals surface area contributed by atoms with Crippen molar-refractivity contribution in [1.82, 2.24) is 9.55 Å². The molecule has 0 atom stereocenters. The first-order chi connectivity index (χ1) is 12.5. The van der Waals surface area contributed by atoms with Gasteiger partial charge in [0.1, 0.15) is 17.1 Å². The van der Waals surface area contributed by atoms with Crippen LogP contribution in [0.4, 0.5) is 0 Å². The highest BCUT2D eigenvalue weighted by Crippen LogP contribution is 2.31. The molecule has 0 unspecified atom stereocenters. The molecule has 1 aromatic carbocycles. The first-order valence-electron chi connectivity index (χ1n) is 8.39. The van der Waals surface area contributed by atoms with Crippen LogP contribution in [0, 0.1) is 0 Å². The minimum Gasteiger partial charge on any atom is -0.491 e. The number of aromatic nitrogens is 2. The maximum Gasteiger partial charge on any atom is 0.326 e. The minimum absolute atomic E-state index is 0.0992. The third-order valence-corrected chi connectivity index (χ3v) is 4.59. The molecule has 0 amide bonds. The SMILES string of the molecule is CCOC(=O)Cn1cnc2scc(-c3ccc(OC(C)C)cc3)c2c1=O. The zero-order valence-corrected chi connectivity index (χ0v) is 15.7. The monoisotopic (exact) mass is 372 g/mol. The lowest BCUT2D eigenvalue weighted by atomic mass is 10.1. The normalized spacial score (nSPS) is 11.1. The molecule has 2 heterocycles. The molecule has 0 saturated carbocycles. The van der Waals surface area contributed by atoms with E-state index < -0.39 is 5.97 Å². The first-order valence-corrected chi connectivity index (χ1v) is 9.27. The molecule has 3 aromatic rings. The predicted octanol–water partition coefficient (Wildman–Crippen LogP) is 3.48. The van der Waals surface area contributed by atoms with E-state index in [9.17, 15) is 9.59 Å². The smallest absolute Gasteiger partial charge is 0.326 e. The van der Waals surface area contributed by atoms with Gasteiger partial charge in [-0.3, -0.25) is 14.2 Å². The highest BCUT2D eigenvalue weighted by Gasteiger charge is 2.15. The van der Waals surface area contributed by atoms with Crippen molar-refractivity contribution >= 4 is 27.5 Å². The van der Waals surface area contributed by atoms with Crippen molar-refractivity contribution in [3.63, 3.8) is 0 Å². The Bertz CT molecular complexity index is 973. The van der Waals surface area contributed by atoms with Crippen LogP contribution in [-0.2, 0) is 16.1 Å². The molecule has 26 heavy (non-hydrogen) atoms. The molecule has 6 nitrogen and oxygen atoms in total. The summed E-state index contributed by atoms with van der Waals surface area (Å²) >= 11 is 1.40. The van der Waals surface area contributed by atoms with Crippen molar-refractivity contribution in [2.75, 3.05) is 6.61 Å². The van der Waals surface area contributed by atoms with Crippen LogP contribution in [0.25, 0.3) is 21.3 Å². The second-order valence-electron chi connectivity index (χ2n) is 6.00. The van der Waals surface area contributed by atoms with E-state index in [4.69, 9.17) is 9.47 Å². The van der Waals surface area contributed by atoms with Gasteiger partial charge in [-0.1, -0.05) is 12.1 Å². The maximum atomic E-state index is 12.8. The number of fused-ring (bicyclic) bond motifs is 1. The van der Waals surface area contributed by atoms with Gasteiger partial charge >= 0.3 is 5.97 Å². The van der Waals surface area contributed by atoms with E-state index in [0.717, 1.165) is 16.9 Å². The molecular formula is C19H20N2O4S. The van der Waals surface area contributed by atoms with Crippen LogP contribution in [0.1, 0.15) is 20.8 Å². The zero-order valence-electron chi connectivity index (χ0n) is 14.9. The summed E-state index contributed by atoms with van der Waals surface area (Å²) in [6.07, 6.45) is 1.49. The van der Waals surface area contributed by atoms with Crippen molar-refractivity contribution < 1.29 is 14.3 Å². The molecule has 7 heteroatoms. The van der Waals surface area contributed by atoms with E-state index in [0.29, 0.717) is 10.2 Å². The average molecular weight is 372 g/mol. The van der Waals surface area contributed by atoms with Crippen LogP contribution in [-0.4, -0.2) is 28.2 Å². The Labute approximate surface area is 155 Å². The van der Waals surface area contributed by atoms with E-state index in [1.165, 1.54) is 22.2 Å². The van der Waals surface area contributed by atoms with E-state index in [-0.39, 0.29) is 24.8 Å². The van der Waals surface area contributed by atoms with Crippen molar-refractivity contribution in [3.8, 4) is 16.9 Å². The molecule has 0 saturated heterocycles. The summed E-state index contributed by atoms with van der Waals surface area (Å²) in [5, 5.41) is 2.42. The number of nitrogens with zero attached hydrogens (tertiary/aromatic N) is 2. The van der Waals surface area contributed by atoms with Gasteiger partial charge in [0.25, 0.3) is 5.56 Å². The molecule has 0 radical (unpaired) electrons. The van der Waals surface area contributed by atoms with Crippen molar-refractivity contribution in [3.05, 3.63) is 46.3 Å². The summed E-state index contributed by atoms with van der Waals surface area (Å²) in [5.74, 6) is 0.323. The summed E-state index contributed by atoms with van der Waals surface area (Å²) in [6.45, 7) is 5.80. The molecule has 0 bridgehead atoms. The Hall–Kier alpha value is -2.67. The lowest BCUT2D eigenvalue weighted by Crippen LogP contribution is -2.25. The van der Waals surface area contributed by atoms with Gasteiger partial charge in [-0.25, -0.2) is 4.98 Å². The minimum atomic E-state index is -0.456. The molecule has 0 fully saturated rings. The number of ether oxygens (including phenoxy) is 2. The highest BCUT2D eigenvalue weighted by atomic mass is 32.1. The molecule has 0 aliphatic carbocycles. The molecular weight excluding hydrogens is 352 g/mol. The number of esters is 1. The Kier molecular flexibility index (Phi) is 5.37. The van der Waals surface area contributed by atoms with Crippen LogP contribution in [0.2, 0.25) is 0 Å². The topological polar surface area (TPSA) is 70.4 Å². The fourth-order valence-corrected chi connectivity index (χ4v) is 3.53. The predicted molar refractivity (Wildman–Crippen MR) is 102 cm³/mol. The van der Waals surface area contributed by atoms with Crippen LogP contribution in [0.3, 0.4) is 0 Å².